The largest absolute Gasteiger partial charge is 0.489 e. The van der Waals surface area contributed by atoms with E-state index in [1.165, 1.54) is 6.08 Å². The molecule has 0 fully saturated rings. The lowest BCUT2D eigenvalue weighted by Crippen LogP contribution is -2.02. The van der Waals surface area contributed by atoms with Gasteiger partial charge in [0.2, 0.25) is 0 Å². The third-order valence-electron chi connectivity index (χ3n) is 6.20. The fourth-order valence-corrected chi connectivity index (χ4v) is 4.35. The molecule has 194 valence electrons. The Morgan fingerprint density at radius 3 is 1.77 bits per heavy atom. The number of carboxylic acids is 1. The Balaban J connectivity index is 1.43. The van der Waals surface area contributed by atoms with Crippen LogP contribution in [0.15, 0.2) is 128 Å². The fraction of sp³-hybridized carbons (Fsp3) is 0.0882. The van der Waals surface area contributed by atoms with E-state index in [0.717, 1.165) is 44.9 Å². The van der Waals surface area contributed by atoms with Crippen LogP contribution in [0.5, 0.6) is 11.5 Å². The van der Waals surface area contributed by atoms with E-state index in [0.29, 0.717) is 19.8 Å². The molecule has 0 bridgehead atoms. The Morgan fingerprint density at radius 2 is 1.23 bits per heavy atom. The summed E-state index contributed by atoms with van der Waals surface area (Å²) in [4.78, 5) is 11.2. The Kier molecular flexibility index (Phi) is 8.19. The van der Waals surface area contributed by atoms with Crippen molar-refractivity contribution in [3.8, 4) is 22.6 Å². The van der Waals surface area contributed by atoms with Gasteiger partial charge in [0.05, 0.1) is 0 Å². The second-order valence-corrected chi connectivity index (χ2v) is 9.20. The standard InChI is InChI=1S/C34H29NO4/c36-34(37)17-16-30-22-35(23-33(30)29-14-8-3-9-15-29)21-28-18-31(38-24-26-10-4-1-5-11-26)20-32(19-28)39-25-27-12-6-2-7-13-27/h1-20,22-23H,21,24-25H2,(H,36,37). The predicted octanol–water partition coefficient (Wildman–Crippen LogP) is 7.46. The molecule has 5 nitrogen and oxygen atoms in total. The molecule has 0 aliphatic rings. The smallest absolute Gasteiger partial charge is 0.328 e. The van der Waals surface area contributed by atoms with Gasteiger partial charge in [0.1, 0.15) is 24.7 Å². The first-order chi connectivity index (χ1) is 19.1. The van der Waals surface area contributed by atoms with E-state index >= 15 is 0 Å². The third-order valence-corrected chi connectivity index (χ3v) is 6.20. The Labute approximate surface area is 228 Å². The number of hydrogen-bond acceptors (Lipinski definition) is 3. The highest BCUT2D eigenvalue weighted by molar-refractivity contribution is 5.87. The van der Waals surface area contributed by atoms with Crippen molar-refractivity contribution in [3.63, 3.8) is 0 Å². The van der Waals surface area contributed by atoms with Gasteiger partial charge in [0.25, 0.3) is 0 Å². The summed E-state index contributed by atoms with van der Waals surface area (Å²) in [6, 6.07) is 36.0. The zero-order chi connectivity index (χ0) is 26.9. The number of carbonyl (C=O) groups is 1. The van der Waals surface area contributed by atoms with Gasteiger partial charge in [-0.15, -0.1) is 0 Å². The Bertz CT molecular complexity index is 1480. The van der Waals surface area contributed by atoms with Crippen molar-refractivity contribution < 1.29 is 19.4 Å². The van der Waals surface area contributed by atoms with Gasteiger partial charge in [-0.1, -0.05) is 91.0 Å². The molecule has 0 spiro atoms. The first-order valence-electron chi connectivity index (χ1n) is 12.8. The number of benzene rings is 4. The maximum atomic E-state index is 11.2. The summed E-state index contributed by atoms with van der Waals surface area (Å²) in [7, 11) is 0. The average Bonchev–Trinajstić information content (AvgIpc) is 3.38. The molecule has 0 unspecified atom stereocenters. The summed E-state index contributed by atoms with van der Waals surface area (Å²) >= 11 is 0. The lowest BCUT2D eigenvalue weighted by Gasteiger charge is -2.13. The van der Waals surface area contributed by atoms with Crippen molar-refractivity contribution >= 4 is 12.0 Å². The molecule has 0 atom stereocenters. The second kappa shape index (κ2) is 12.5. The molecule has 0 amide bonds. The molecule has 5 aromatic rings. The van der Waals surface area contributed by atoms with Crippen molar-refractivity contribution in [2.24, 2.45) is 0 Å². The van der Waals surface area contributed by atoms with Crippen molar-refractivity contribution in [2.45, 2.75) is 19.8 Å². The molecule has 1 aromatic heterocycles. The number of ether oxygens (including phenoxy) is 2. The van der Waals surface area contributed by atoms with E-state index in [4.69, 9.17) is 9.47 Å². The predicted molar refractivity (Wildman–Crippen MR) is 154 cm³/mol. The molecule has 1 N–H and O–H groups in total. The SMILES string of the molecule is O=C(O)C=Cc1cn(Cc2cc(OCc3ccccc3)cc(OCc3ccccc3)c2)cc1-c1ccccc1. The van der Waals surface area contributed by atoms with Crippen LogP contribution in [0.4, 0.5) is 0 Å². The number of aliphatic carboxylic acids is 1. The van der Waals surface area contributed by atoms with Crippen LogP contribution in [0.25, 0.3) is 17.2 Å². The van der Waals surface area contributed by atoms with E-state index in [-0.39, 0.29) is 0 Å². The van der Waals surface area contributed by atoms with Gasteiger partial charge in [-0.25, -0.2) is 4.79 Å². The molecule has 5 heteroatoms. The maximum Gasteiger partial charge on any atom is 0.328 e. The number of aromatic nitrogens is 1. The Hall–Kier alpha value is -5.03. The molecule has 0 aliphatic carbocycles. The summed E-state index contributed by atoms with van der Waals surface area (Å²) in [5.41, 5.74) is 6.00. The second-order valence-electron chi connectivity index (χ2n) is 9.20. The minimum absolute atomic E-state index is 0.453. The molecule has 1 heterocycles. The number of hydrogen-bond donors (Lipinski definition) is 1. The molecule has 0 saturated carbocycles. The van der Waals surface area contributed by atoms with Gasteiger partial charge in [-0.05, 0) is 40.5 Å². The van der Waals surface area contributed by atoms with E-state index in [1.54, 1.807) is 6.08 Å². The lowest BCUT2D eigenvalue weighted by molar-refractivity contribution is -0.131. The highest BCUT2D eigenvalue weighted by Gasteiger charge is 2.10. The van der Waals surface area contributed by atoms with Crippen LogP contribution in [0, 0.1) is 0 Å². The van der Waals surface area contributed by atoms with Gasteiger partial charge >= 0.3 is 5.97 Å². The molecule has 39 heavy (non-hydrogen) atoms. The first kappa shape index (κ1) is 25.6. The summed E-state index contributed by atoms with van der Waals surface area (Å²) in [6.45, 7) is 1.47. The van der Waals surface area contributed by atoms with E-state index < -0.39 is 5.97 Å². The van der Waals surface area contributed by atoms with Gasteiger partial charge in [-0.2, -0.15) is 0 Å². The molecular weight excluding hydrogens is 486 g/mol. The zero-order valence-electron chi connectivity index (χ0n) is 21.4. The number of nitrogens with zero attached hydrogens (tertiary/aromatic N) is 1. The van der Waals surface area contributed by atoms with Gasteiger partial charge in [-0.3, -0.25) is 0 Å². The van der Waals surface area contributed by atoms with Gasteiger partial charge in [0, 0.05) is 42.2 Å². The summed E-state index contributed by atoms with van der Waals surface area (Å²) in [6.07, 6.45) is 6.80. The highest BCUT2D eigenvalue weighted by atomic mass is 16.5. The molecule has 0 saturated heterocycles. The van der Waals surface area contributed by atoms with E-state index in [9.17, 15) is 9.90 Å². The lowest BCUT2D eigenvalue weighted by atomic mass is 10.0. The fourth-order valence-electron chi connectivity index (χ4n) is 4.35. The monoisotopic (exact) mass is 515 g/mol. The van der Waals surface area contributed by atoms with Crippen molar-refractivity contribution in [1.82, 2.24) is 4.57 Å². The first-order valence-corrected chi connectivity index (χ1v) is 12.8. The van der Waals surface area contributed by atoms with Crippen molar-refractivity contribution in [1.29, 1.82) is 0 Å². The molecule has 4 aromatic carbocycles. The quantitative estimate of drug-likeness (QED) is 0.186. The number of rotatable bonds is 11. The highest BCUT2D eigenvalue weighted by Crippen LogP contribution is 2.29. The molecule has 0 radical (unpaired) electrons. The number of carboxylic acid groups (broad SMARTS) is 1. The third kappa shape index (κ3) is 7.27. The van der Waals surface area contributed by atoms with Crippen LogP contribution in [-0.4, -0.2) is 15.6 Å². The maximum absolute atomic E-state index is 11.2. The van der Waals surface area contributed by atoms with Gasteiger partial charge in [0.15, 0.2) is 0 Å². The van der Waals surface area contributed by atoms with Crippen LogP contribution >= 0.6 is 0 Å². The molecule has 0 aliphatic heterocycles. The van der Waals surface area contributed by atoms with Crippen LogP contribution in [0.2, 0.25) is 0 Å². The Morgan fingerprint density at radius 1 is 0.692 bits per heavy atom. The normalized spacial score (nSPS) is 11.0. The topological polar surface area (TPSA) is 60.7 Å². The molecular formula is C34H29NO4. The van der Waals surface area contributed by atoms with Gasteiger partial charge < -0.3 is 19.1 Å². The summed E-state index contributed by atoms with van der Waals surface area (Å²) < 4.78 is 14.4. The van der Waals surface area contributed by atoms with E-state index in [2.05, 4.69) is 4.57 Å². The van der Waals surface area contributed by atoms with Crippen molar-refractivity contribution in [3.05, 3.63) is 150 Å². The average molecular weight is 516 g/mol. The molecule has 5 rings (SSSR count). The minimum Gasteiger partial charge on any atom is -0.489 e. The summed E-state index contributed by atoms with van der Waals surface area (Å²) in [5, 5.41) is 9.18. The van der Waals surface area contributed by atoms with Crippen molar-refractivity contribution in [2.75, 3.05) is 0 Å². The van der Waals surface area contributed by atoms with Crippen LogP contribution in [0.3, 0.4) is 0 Å². The van der Waals surface area contributed by atoms with Crippen LogP contribution in [-0.2, 0) is 24.6 Å². The minimum atomic E-state index is -0.981. The summed E-state index contributed by atoms with van der Waals surface area (Å²) in [5.74, 6) is 0.465. The van der Waals surface area contributed by atoms with Crippen LogP contribution < -0.4 is 9.47 Å². The van der Waals surface area contributed by atoms with Crippen LogP contribution in [0.1, 0.15) is 22.3 Å². The zero-order valence-corrected chi connectivity index (χ0v) is 21.4. The van der Waals surface area contributed by atoms with E-state index in [1.807, 2.05) is 122 Å².